The Kier molecular flexibility index (Phi) is 9.22. The van der Waals surface area contributed by atoms with Crippen LogP contribution in [0.25, 0.3) is 0 Å². The number of unbranched alkanes of at least 4 members (excludes halogenated alkanes) is 1. The van der Waals surface area contributed by atoms with Crippen LogP contribution in [0.5, 0.6) is 0 Å². The zero-order valence-electron chi connectivity index (χ0n) is 18.9. The van der Waals surface area contributed by atoms with E-state index in [4.69, 9.17) is 4.74 Å². The lowest BCUT2D eigenvalue weighted by molar-refractivity contribution is -0.142. The predicted octanol–water partition coefficient (Wildman–Crippen LogP) is 3.46. The Morgan fingerprint density at radius 1 is 1.19 bits per heavy atom. The summed E-state index contributed by atoms with van der Waals surface area (Å²) in [6, 6.07) is 7.58. The third kappa shape index (κ3) is 7.76. The van der Waals surface area contributed by atoms with Crippen molar-refractivity contribution >= 4 is 30.5 Å². The molecule has 31 heavy (non-hydrogen) atoms. The summed E-state index contributed by atoms with van der Waals surface area (Å²) in [6.45, 7) is 7.88. The van der Waals surface area contributed by atoms with E-state index >= 15 is 0 Å². The van der Waals surface area contributed by atoms with Crippen LogP contribution in [0.3, 0.4) is 0 Å². The molecule has 2 rings (SSSR count). The fourth-order valence-electron chi connectivity index (χ4n) is 3.24. The van der Waals surface area contributed by atoms with E-state index in [9.17, 15) is 14.4 Å². The third-order valence-corrected chi connectivity index (χ3v) is 5.20. The van der Waals surface area contributed by atoms with Crippen LogP contribution in [-0.4, -0.2) is 52.8 Å². The molecule has 0 aromatic heterocycles. The molecular formula is C23H35N3O4S. The lowest BCUT2D eigenvalue weighted by Gasteiger charge is -2.34. The summed E-state index contributed by atoms with van der Waals surface area (Å²) >= 11 is 4.28. The van der Waals surface area contributed by atoms with Gasteiger partial charge in [-0.15, -0.1) is 0 Å². The zero-order chi connectivity index (χ0) is 23.0. The SMILES string of the molecule is CCCCNC(=O)C(c1ccccc1)N(C(=O)C(CS)NC(=O)OC(C)(C)C)C1CC1. The zero-order valence-corrected chi connectivity index (χ0v) is 19.8. The molecule has 172 valence electrons. The minimum Gasteiger partial charge on any atom is -0.444 e. The molecule has 2 atom stereocenters. The number of amides is 3. The second-order valence-corrected chi connectivity index (χ2v) is 9.18. The molecule has 1 aromatic rings. The van der Waals surface area contributed by atoms with Crippen molar-refractivity contribution in [3.63, 3.8) is 0 Å². The monoisotopic (exact) mass is 449 g/mol. The van der Waals surface area contributed by atoms with Gasteiger partial charge in [0.1, 0.15) is 17.7 Å². The molecule has 1 aromatic carbocycles. The molecule has 7 nitrogen and oxygen atoms in total. The number of alkyl carbamates (subject to hydrolysis) is 1. The summed E-state index contributed by atoms with van der Waals surface area (Å²) in [6.07, 6.45) is 2.79. The molecule has 3 amide bonds. The first kappa shape index (κ1) is 25.0. The summed E-state index contributed by atoms with van der Waals surface area (Å²) < 4.78 is 5.30. The average molecular weight is 450 g/mol. The first-order chi connectivity index (χ1) is 14.7. The van der Waals surface area contributed by atoms with Gasteiger partial charge in [-0.1, -0.05) is 43.7 Å². The predicted molar refractivity (Wildman–Crippen MR) is 124 cm³/mol. The van der Waals surface area contributed by atoms with Crippen LogP contribution in [0.2, 0.25) is 0 Å². The van der Waals surface area contributed by atoms with Gasteiger partial charge in [0.2, 0.25) is 11.8 Å². The normalized spacial score (nSPS) is 15.5. The Balaban J connectivity index is 2.28. The van der Waals surface area contributed by atoms with E-state index in [0.29, 0.717) is 6.54 Å². The van der Waals surface area contributed by atoms with E-state index in [-0.39, 0.29) is 23.6 Å². The highest BCUT2D eigenvalue weighted by atomic mass is 32.1. The number of rotatable bonds is 10. The number of hydrogen-bond donors (Lipinski definition) is 3. The lowest BCUT2D eigenvalue weighted by Crippen LogP contribution is -2.54. The Morgan fingerprint density at radius 2 is 1.84 bits per heavy atom. The molecule has 0 heterocycles. The van der Waals surface area contributed by atoms with Crippen molar-refractivity contribution in [3.8, 4) is 0 Å². The molecule has 8 heteroatoms. The Morgan fingerprint density at radius 3 is 2.35 bits per heavy atom. The topological polar surface area (TPSA) is 87.7 Å². The van der Waals surface area contributed by atoms with Crippen molar-refractivity contribution in [1.82, 2.24) is 15.5 Å². The molecular weight excluding hydrogens is 414 g/mol. The van der Waals surface area contributed by atoms with Crippen molar-refractivity contribution in [3.05, 3.63) is 35.9 Å². The van der Waals surface area contributed by atoms with Gasteiger partial charge in [0, 0.05) is 18.3 Å². The van der Waals surface area contributed by atoms with E-state index in [1.165, 1.54) is 0 Å². The molecule has 1 fully saturated rings. The minimum atomic E-state index is -0.895. The minimum absolute atomic E-state index is 0.0440. The van der Waals surface area contributed by atoms with Gasteiger partial charge in [-0.2, -0.15) is 12.6 Å². The highest BCUT2D eigenvalue weighted by Crippen LogP contribution is 2.35. The first-order valence-electron chi connectivity index (χ1n) is 10.9. The second kappa shape index (κ2) is 11.4. The first-order valence-corrected chi connectivity index (χ1v) is 11.6. The largest absolute Gasteiger partial charge is 0.444 e. The standard InChI is InChI=1S/C23H35N3O4S/c1-5-6-14-24-20(27)19(16-10-8-7-9-11-16)26(17-12-13-17)21(28)18(15-31)25-22(29)30-23(2,3)4/h7-11,17-19,31H,5-6,12-15H2,1-4H3,(H,24,27)(H,25,29). The van der Waals surface area contributed by atoms with Crippen LogP contribution in [-0.2, 0) is 14.3 Å². The van der Waals surface area contributed by atoms with Gasteiger partial charge in [-0.05, 0) is 45.6 Å². The van der Waals surface area contributed by atoms with E-state index in [1.54, 1.807) is 25.7 Å². The third-order valence-electron chi connectivity index (χ3n) is 4.84. The van der Waals surface area contributed by atoms with E-state index < -0.39 is 23.8 Å². The summed E-state index contributed by atoms with van der Waals surface area (Å²) in [7, 11) is 0. The van der Waals surface area contributed by atoms with Crippen LogP contribution in [0, 0.1) is 0 Å². The van der Waals surface area contributed by atoms with Gasteiger partial charge in [0.05, 0.1) is 0 Å². The summed E-state index contributed by atoms with van der Waals surface area (Å²) in [5.74, 6) is -0.446. The molecule has 2 N–H and O–H groups in total. The van der Waals surface area contributed by atoms with Crippen molar-refractivity contribution < 1.29 is 19.1 Å². The Bertz CT molecular complexity index is 747. The molecule has 1 aliphatic carbocycles. The van der Waals surface area contributed by atoms with Crippen LogP contribution in [0.1, 0.15) is 65.0 Å². The fraction of sp³-hybridized carbons (Fsp3) is 0.609. The highest BCUT2D eigenvalue weighted by molar-refractivity contribution is 7.80. The van der Waals surface area contributed by atoms with Gasteiger partial charge >= 0.3 is 6.09 Å². The van der Waals surface area contributed by atoms with E-state index in [0.717, 1.165) is 31.2 Å². The highest BCUT2D eigenvalue weighted by Gasteiger charge is 2.43. The van der Waals surface area contributed by atoms with Gasteiger partial charge in [0.15, 0.2) is 0 Å². The van der Waals surface area contributed by atoms with Crippen LogP contribution in [0.4, 0.5) is 4.79 Å². The number of ether oxygens (including phenoxy) is 1. The maximum absolute atomic E-state index is 13.5. The number of carbonyl (C=O) groups is 3. The van der Waals surface area contributed by atoms with Crippen molar-refractivity contribution in [2.45, 2.75) is 77.1 Å². The molecule has 0 radical (unpaired) electrons. The molecule has 0 bridgehead atoms. The van der Waals surface area contributed by atoms with E-state index in [1.807, 2.05) is 30.3 Å². The maximum Gasteiger partial charge on any atom is 0.408 e. The molecule has 0 saturated heterocycles. The van der Waals surface area contributed by atoms with Crippen LogP contribution in [0.15, 0.2) is 30.3 Å². The molecule has 1 saturated carbocycles. The second-order valence-electron chi connectivity index (χ2n) is 8.82. The van der Waals surface area contributed by atoms with Crippen molar-refractivity contribution in [2.75, 3.05) is 12.3 Å². The number of benzene rings is 1. The van der Waals surface area contributed by atoms with E-state index in [2.05, 4.69) is 30.2 Å². The van der Waals surface area contributed by atoms with Gasteiger partial charge in [-0.25, -0.2) is 4.79 Å². The number of nitrogens with zero attached hydrogens (tertiary/aromatic N) is 1. The number of carbonyl (C=O) groups excluding carboxylic acids is 3. The number of thiol groups is 1. The summed E-state index contributed by atoms with van der Waals surface area (Å²) in [5, 5.41) is 5.59. The van der Waals surface area contributed by atoms with Gasteiger partial charge in [0.25, 0.3) is 0 Å². The molecule has 1 aliphatic rings. The fourth-order valence-corrected chi connectivity index (χ4v) is 3.49. The van der Waals surface area contributed by atoms with Gasteiger partial charge in [-0.3, -0.25) is 9.59 Å². The average Bonchev–Trinajstić information content (AvgIpc) is 3.54. The van der Waals surface area contributed by atoms with Crippen molar-refractivity contribution in [2.24, 2.45) is 0 Å². The maximum atomic E-state index is 13.5. The summed E-state index contributed by atoms with van der Waals surface area (Å²) in [4.78, 5) is 40.6. The number of nitrogens with one attached hydrogen (secondary N) is 2. The smallest absolute Gasteiger partial charge is 0.408 e. The van der Waals surface area contributed by atoms with Crippen molar-refractivity contribution in [1.29, 1.82) is 0 Å². The number of hydrogen-bond acceptors (Lipinski definition) is 5. The lowest BCUT2D eigenvalue weighted by atomic mass is 10.0. The van der Waals surface area contributed by atoms with Crippen LogP contribution >= 0.6 is 12.6 Å². The molecule has 2 unspecified atom stereocenters. The van der Waals surface area contributed by atoms with Gasteiger partial charge < -0.3 is 20.3 Å². The Labute approximate surface area is 190 Å². The molecule has 0 spiro atoms. The summed E-state index contributed by atoms with van der Waals surface area (Å²) in [5.41, 5.74) is 0.0582. The molecule has 0 aliphatic heterocycles. The van der Waals surface area contributed by atoms with Crippen LogP contribution < -0.4 is 10.6 Å². The Hall–Kier alpha value is -2.22. The quantitative estimate of drug-likeness (QED) is 0.377.